The number of hydrogen-bond donors (Lipinski definition) is 0. The summed E-state index contributed by atoms with van der Waals surface area (Å²) in [6.45, 7) is 6.56. The Morgan fingerprint density at radius 3 is 1.02 bits per heavy atom. The number of carbonyl (C=O) groups is 3. The Morgan fingerprint density at radius 2 is 0.587 bits per heavy atom. The molecule has 0 radical (unpaired) electrons. The summed E-state index contributed by atoms with van der Waals surface area (Å²) < 4.78 is 16.8. The van der Waals surface area contributed by atoms with Crippen LogP contribution in [0.2, 0.25) is 0 Å². The van der Waals surface area contributed by atoms with Crippen LogP contribution >= 0.6 is 0 Å². The van der Waals surface area contributed by atoms with Gasteiger partial charge in [0, 0.05) is 19.3 Å². The Balaban J connectivity index is 4.35. The third kappa shape index (κ3) is 50.2. The minimum absolute atomic E-state index is 0.0885. The van der Waals surface area contributed by atoms with Gasteiger partial charge in [-0.2, -0.15) is 0 Å². The summed E-state index contributed by atoms with van der Waals surface area (Å²) in [5.41, 5.74) is 0. The van der Waals surface area contributed by atoms with Gasteiger partial charge in [-0.1, -0.05) is 230 Å². The number of unbranched alkanes of at least 4 members (excludes halogenated alkanes) is 30. The van der Waals surface area contributed by atoms with E-state index >= 15 is 0 Å². The van der Waals surface area contributed by atoms with Crippen molar-refractivity contribution in [3.05, 3.63) is 48.6 Å². The predicted octanol–water partition coefficient (Wildman–Crippen LogP) is 17.9. The molecule has 0 amide bonds. The number of rotatable bonds is 49. The second-order valence-electron chi connectivity index (χ2n) is 18.1. The van der Waals surface area contributed by atoms with Crippen LogP contribution in [-0.2, 0) is 28.6 Å². The van der Waals surface area contributed by atoms with Crippen molar-refractivity contribution >= 4 is 17.9 Å². The van der Waals surface area contributed by atoms with Gasteiger partial charge in [0.05, 0.1) is 0 Å². The molecule has 0 aliphatic carbocycles. The molecule has 0 heterocycles. The van der Waals surface area contributed by atoms with E-state index in [9.17, 15) is 14.4 Å². The lowest BCUT2D eigenvalue weighted by molar-refractivity contribution is -0.167. The molecule has 1 atom stereocenters. The molecule has 6 heteroatoms. The zero-order valence-electron chi connectivity index (χ0n) is 41.8. The van der Waals surface area contributed by atoms with Gasteiger partial charge in [0.25, 0.3) is 0 Å². The van der Waals surface area contributed by atoms with Crippen molar-refractivity contribution in [3.63, 3.8) is 0 Å². The van der Waals surface area contributed by atoms with Crippen LogP contribution in [0.4, 0.5) is 0 Å². The average molecular weight is 883 g/mol. The first-order valence-corrected chi connectivity index (χ1v) is 27.1. The van der Waals surface area contributed by atoms with Crippen LogP contribution in [0.1, 0.15) is 278 Å². The maximum absolute atomic E-state index is 12.8. The first kappa shape index (κ1) is 60.4. The Labute approximate surface area is 390 Å². The van der Waals surface area contributed by atoms with Crippen molar-refractivity contribution in [3.8, 4) is 0 Å². The van der Waals surface area contributed by atoms with E-state index in [0.717, 1.165) is 70.6 Å². The standard InChI is InChI=1S/C57H102O6/c1-4-7-10-13-16-19-22-24-26-27-28-29-31-32-35-38-41-44-47-50-56(59)62-53-54(52-61-55(58)49-46-43-40-37-34-21-18-15-12-9-6-3)63-57(60)51-48-45-42-39-36-33-30-25-23-20-17-14-11-8-5-2/h15,17-18,20,25,30,36,39,54H,4-14,16,19,21-24,26-29,31-35,37-38,40-53H2,1-3H3/b18-15-,20-17-,30-25-,39-36-/t54-/m1/s1. The smallest absolute Gasteiger partial charge is 0.306 e. The fraction of sp³-hybridized carbons (Fsp3) is 0.807. The van der Waals surface area contributed by atoms with Gasteiger partial charge in [0.1, 0.15) is 13.2 Å². The summed E-state index contributed by atoms with van der Waals surface area (Å²) in [7, 11) is 0. The third-order valence-electron chi connectivity index (χ3n) is 11.8. The van der Waals surface area contributed by atoms with Crippen molar-refractivity contribution in [2.75, 3.05) is 13.2 Å². The molecule has 63 heavy (non-hydrogen) atoms. The molecule has 0 aromatic heterocycles. The van der Waals surface area contributed by atoms with E-state index in [2.05, 4.69) is 69.4 Å². The molecule has 0 saturated carbocycles. The van der Waals surface area contributed by atoms with Crippen LogP contribution < -0.4 is 0 Å². The highest BCUT2D eigenvalue weighted by atomic mass is 16.6. The van der Waals surface area contributed by atoms with Gasteiger partial charge in [-0.15, -0.1) is 0 Å². The Morgan fingerprint density at radius 1 is 0.317 bits per heavy atom. The second kappa shape index (κ2) is 52.0. The fourth-order valence-electron chi connectivity index (χ4n) is 7.67. The van der Waals surface area contributed by atoms with Crippen LogP contribution in [0.3, 0.4) is 0 Å². The van der Waals surface area contributed by atoms with E-state index in [1.54, 1.807) is 0 Å². The normalized spacial score (nSPS) is 12.4. The Hall–Kier alpha value is -2.63. The number of allylic oxidation sites excluding steroid dienone is 8. The van der Waals surface area contributed by atoms with Gasteiger partial charge in [-0.05, 0) is 77.0 Å². The maximum Gasteiger partial charge on any atom is 0.306 e. The monoisotopic (exact) mass is 883 g/mol. The first-order chi connectivity index (χ1) is 31.0. The molecule has 0 fully saturated rings. The van der Waals surface area contributed by atoms with Crippen LogP contribution in [0.25, 0.3) is 0 Å². The summed E-state index contributed by atoms with van der Waals surface area (Å²) >= 11 is 0. The minimum Gasteiger partial charge on any atom is -0.462 e. The Bertz CT molecular complexity index is 1110. The molecule has 0 rings (SSSR count). The molecule has 0 aromatic carbocycles. The highest BCUT2D eigenvalue weighted by Gasteiger charge is 2.19. The molecular weight excluding hydrogens is 781 g/mol. The summed E-state index contributed by atoms with van der Waals surface area (Å²) in [5.74, 6) is -0.928. The van der Waals surface area contributed by atoms with E-state index in [1.165, 1.54) is 161 Å². The van der Waals surface area contributed by atoms with Crippen LogP contribution in [-0.4, -0.2) is 37.2 Å². The topological polar surface area (TPSA) is 78.9 Å². The molecule has 6 nitrogen and oxygen atoms in total. The highest BCUT2D eigenvalue weighted by molar-refractivity contribution is 5.71. The van der Waals surface area contributed by atoms with Crippen LogP contribution in [0, 0.1) is 0 Å². The van der Waals surface area contributed by atoms with Crippen molar-refractivity contribution in [2.45, 2.75) is 284 Å². The second-order valence-corrected chi connectivity index (χ2v) is 18.1. The van der Waals surface area contributed by atoms with Gasteiger partial charge in [0.15, 0.2) is 6.10 Å². The van der Waals surface area contributed by atoms with E-state index in [0.29, 0.717) is 19.3 Å². The molecular formula is C57H102O6. The lowest BCUT2D eigenvalue weighted by atomic mass is 10.0. The van der Waals surface area contributed by atoms with Gasteiger partial charge < -0.3 is 14.2 Å². The largest absolute Gasteiger partial charge is 0.462 e. The average Bonchev–Trinajstić information content (AvgIpc) is 3.28. The van der Waals surface area contributed by atoms with Gasteiger partial charge >= 0.3 is 17.9 Å². The molecule has 0 saturated heterocycles. The SMILES string of the molecule is CCCC/C=C\CCCCCCCC(=O)OC[C@H](COC(=O)CCCCCCCCCCCCCCCCCCCCC)OC(=O)CCCC/C=C\C/C=C\C/C=C\CCCCC. The molecule has 0 aromatic rings. The molecule has 366 valence electrons. The zero-order chi connectivity index (χ0) is 45.8. The van der Waals surface area contributed by atoms with E-state index < -0.39 is 6.10 Å². The number of hydrogen-bond acceptors (Lipinski definition) is 6. The van der Waals surface area contributed by atoms with Crippen molar-refractivity contribution in [1.29, 1.82) is 0 Å². The lowest BCUT2D eigenvalue weighted by Gasteiger charge is -2.18. The van der Waals surface area contributed by atoms with Crippen molar-refractivity contribution < 1.29 is 28.6 Å². The summed E-state index contributed by atoms with van der Waals surface area (Å²) in [5, 5.41) is 0. The predicted molar refractivity (Wildman–Crippen MR) is 270 cm³/mol. The minimum atomic E-state index is -0.793. The van der Waals surface area contributed by atoms with Crippen molar-refractivity contribution in [1.82, 2.24) is 0 Å². The summed E-state index contributed by atoms with van der Waals surface area (Å²) in [6.07, 6.45) is 62.5. The van der Waals surface area contributed by atoms with Gasteiger partial charge in [-0.3, -0.25) is 14.4 Å². The molecule has 0 N–H and O–H groups in total. The molecule has 0 bridgehead atoms. The van der Waals surface area contributed by atoms with E-state index in [4.69, 9.17) is 14.2 Å². The van der Waals surface area contributed by atoms with Crippen LogP contribution in [0.15, 0.2) is 48.6 Å². The molecule has 0 spiro atoms. The van der Waals surface area contributed by atoms with E-state index in [1.807, 2.05) is 0 Å². The van der Waals surface area contributed by atoms with Crippen molar-refractivity contribution in [2.24, 2.45) is 0 Å². The van der Waals surface area contributed by atoms with Crippen LogP contribution in [0.5, 0.6) is 0 Å². The number of esters is 3. The third-order valence-corrected chi connectivity index (χ3v) is 11.8. The van der Waals surface area contributed by atoms with Gasteiger partial charge in [0.2, 0.25) is 0 Å². The van der Waals surface area contributed by atoms with E-state index in [-0.39, 0.29) is 37.5 Å². The summed E-state index contributed by atoms with van der Waals surface area (Å²) in [4.78, 5) is 38.0. The molecule has 0 aliphatic heterocycles. The number of carbonyl (C=O) groups excluding carboxylic acids is 3. The quantitative estimate of drug-likeness (QED) is 0.0262. The summed E-state index contributed by atoms with van der Waals surface area (Å²) in [6, 6.07) is 0. The zero-order valence-corrected chi connectivity index (χ0v) is 41.8. The highest BCUT2D eigenvalue weighted by Crippen LogP contribution is 2.16. The Kier molecular flexibility index (Phi) is 49.8. The van der Waals surface area contributed by atoms with Gasteiger partial charge in [-0.25, -0.2) is 0 Å². The first-order valence-electron chi connectivity index (χ1n) is 27.1. The maximum atomic E-state index is 12.8. The molecule has 0 aliphatic rings. The molecule has 0 unspecified atom stereocenters. The lowest BCUT2D eigenvalue weighted by Crippen LogP contribution is -2.30. The fourth-order valence-corrected chi connectivity index (χ4v) is 7.67. The number of ether oxygens (including phenoxy) is 3.